The van der Waals surface area contributed by atoms with Gasteiger partial charge in [-0.1, -0.05) is 26.2 Å². The Kier molecular flexibility index (Phi) is 6.30. The van der Waals surface area contributed by atoms with Gasteiger partial charge in [-0.05, 0) is 50.3 Å². The maximum absolute atomic E-state index is 12.0. The molecule has 2 rings (SSSR count). The van der Waals surface area contributed by atoms with Gasteiger partial charge in [0, 0.05) is 0 Å². The zero-order chi connectivity index (χ0) is 15.1. The van der Waals surface area contributed by atoms with Crippen molar-refractivity contribution >= 4 is 5.91 Å². The molecule has 0 aromatic carbocycles. The molecule has 1 heterocycles. The fourth-order valence-electron chi connectivity index (χ4n) is 3.16. The molecule has 21 heavy (non-hydrogen) atoms. The molecule has 0 spiro atoms. The summed E-state index contributed by atoms with van der Waals surface area (Å²) in [4.78, 5) is 12.0. The highest BCUT2D eigenvalue weighted by molar-refractivity contribution is 5.81. The van der Waals surface area contributed by atoms with Crippen molar-refractivity contribution in [3.05, 3.63) is 24.2 Å². The summed E-state index contributed by atoms with van der Waals surface area (Å²) in [6.07, 6.45) is 8.25. The van der Waals surface area contributed by atoms with Gasteiger partial charge in [0.2, 0.25) is 5.91 Å². The summed E-state index contributed by atoms with van der Waals surface area (Å²) in [5, 5.41) is 6.22. The molecule has 0 aliphatic heterocycles. The number of hydrogen-bond donors (Lipinski definition) is 2. The van der Waals surface area contributed by atoms with Gasteiger partial charge in [-0.15, -0.1) is 0 Å². The lowest BCUT2D eigenvalue weighted by atomic mass is 9.81. The molecule has 1 aromatic rings. The standard InChI is InChI=1S/C17H28N2O2/c1-13-5-3-6-15(11-13)8-9-18-14(2)17(20)19-12-16-7-4-10-21-16/h4,7,10,13-15,18H,3,5-6,8-9,11-12H2,1-2H3,(H,19,20). The number of nitrogens with one attached hydrogen (secondary N) is 2. The van der Waals surface area contributed by atoms with E-state index < -0.39 is 0 Å². The molecule has 1 saturated carbocycles. The van der Waals surface area contributed by atoms with Crippen LogP contribution in [0.2, 0.25) is 0 Å². The van der Waals surface area contributed by atoms with E-state index in [2.05, 4.69) is 17.6 Å². The third kappa shape index (κ3) is 5.54. The summed E-state index contributed by atoms with van der Waals surface area (Å²) >= 11 is 0. The minimum atomic E-state index is -0.152. The number of furan rings is 1. The first-order chi connectivity index (χ1) is 10.1. The van der Waals surface area contributed by atoms with Crippen LogP contribution in [0.3, 0.4) is 0 Å². The summed E-state index contributed by atoms with van der Waals surface area (Å²) in [5.74, 6) is 2.52. The van der Waals surface area contributed by atoms with Gasteiger partial charge in [-0.3, -0.25) is 4.79 Å². The van der Waals surface area contributed by atoms with E-state index in [1.54, 1.807) is 6.26 Å². The van der Waals surface area contributed by atoms with E-state index in [-0.39, 0.29) is 11.9 Å². The fraction of sp³-hybridized carbons (Fsp3) is 0.706. The second-order valence-electron chi connectivity index (χ2n) is 6.40. The topological polar surface area (TPSA) is 54.3 Å². The summed E-state index contributed by atoms with van der Waals surface area (Å²) in [7, 11) is 0. The Bertz CT molecular complexity index is 416. The lowest BCUT2D eigenvalue weighted by Crippen LogP contribution is -2.42. The molecular formula is C17H28N2O2. The van der Waals surface area contributed by atoms with Crippen LogP contribution in [0, 0.1) is 11.8 Å². The normalized spacial score (nSPS) is 23.7. The van der Waals surface area contributed by atoms with Crippen molar-refractivity contribution in [1.29, 1.82) is 0 Å². The molecule has 1 aliphatic carbocycles. The van der Waals surface area contributed by atoms with E-state index in [0.717, 1.165) is 24.1 Å². The lowest BCUT2D eigenvalue weighted by Gasteiger charge is -2.27. The van der Waals surface area contributed by atoms with Gasteiger partial charge in [0.05, 0.1) is 18.8 Å². The van der Waals surface area contributed by atoms with Crippen LogP contribution in [0.4, 0.5) is 0 Å². The maximum Gasteiger partial charge on any atom is 0.237 e. The molecule has 0 radical (unpaired) electrons. The number of rotatable bonds is 7. The van der Waals surface area contributed by atoms with E-state index in [1.165, 1.54) is 32.1 Å². The Hall–Kier alpha value is -1.29. The van der Waals surface area contributed by atoms with Gasteiger partial charge in [-0.2, -0.15) is 0 Å². The van der Waals surface area contributed by atoms with Crippen molar-refractivity contribution in [3.8, 4) is 0 Å². The second-order valence-corrected chi connectivity index (χ2v) is 6.40. The summed E-state index contributed by atoms with van der Waals surface area (Å²) in [6.45, 7) is 5.65. The molecule has 1 fully saturated rings. The number of carbonyl (C=O) groups excluding carboxylic acids is 1. The van der Waals surface area contributed by atoms with Crippen molar-refractivity contribution in [2.24, 2.45) is 11.8 Å². The Balaban J connectivity index is 1.59. The molecule has 1 aliphatic rings. The zero-order valence-corrected chi connectivity index (χ0v) is 13.2. The molecule has 3 unspecified atom stereocenters. The van der Waals surface area contributed by atoms with E-state index >= 15 is 0 Å². The average Bonchev–Trinajstić information content (AvgIpc) is 2.98. The van der Waals surface area contributed by atoms with E-state index in [0.29, 0.717) is 6.54 Å². The van der Waals surface area contributed by atoms with Crippen LogP contribution in [-0.4, -0.2) is 18.5 Å². The van der Waals surface area contributed by atoms with Crippen molar-refractivity contribution in [2.45, 2.75) is 58.5 Å². The molecule has 4 nitrogen and oxygen atoms in total. The van der Waals surface area contributed by atoms with Crippen LogP contribution < -0.4 is 10.6 Å². The Morgan fingerprint density at radius 2 is 2.33 bits per heavy atom. The van der Waals surface area contributed by atoms with Crippen LogP contribution in [-0.2, 0) is 11.3 Å². The van der Waals surface area contributed by atoms with E-state index in [9.17, 15) is 4.79 Å². The highest BCUT2D eigenvalue weighted by Gasteiger charge is 2.19. The Morgan fingerprint density at radius 1 is 1.48 bits per heavy atom. The average molecular weight is 292 g/mol. The van der Waals surface area contributed by atoms with Crippen LogP contribution in [0.5, 0.6) is 0 Å². The third-order valence-corrected chi connectivity index (χ3v) is 4.46. The highest BCUT2D eigenvalue weighted by atomic mass is 16.3. The van der Waals surface area contributed by atoms with Crippen LogP contribution in [0.1, 0.15) is 51.7 Å². The highest BCUT2D eigenvalue weighted by Crippen LogP contribution is 2.30. The van der Waals surface area contributed by atoms with Gasteiger partial charge in [0.15, 0.2) is 0 Å². The molecule has 1 amide bonds. The first-order valence-electron chi connectivity index (χ1n) is 8.18. The second kappa shape index (κ2) is 8.23. The Labute approximate surface area is 127 Å². The van der Waals surface area contributed by atoms with Gasteiger partial charge in [0.25, 0.3) is 0 Å². The van der Waals surface area contributed by atoms with Crippen LogP contribution in [0.25, 0.3) is 0 Å². The van der Waals surface area contributed by atoms with Crippen LogP contribution >= 0.6 is 0 Å². The molecule has 3 atom stereocenters. The molecule has 2 N–H and O–H groups in total. The van der Waals surface area contributed by atoms with E-state index in [1.807, 2.05) is 19.1 Å². The minimum Gasteiger partial charge on any atom is -0.467 e. The first-order valence-corrected chi connectivity index (χ1v) is 8.18. The quantitative estimate of drug-likeness (QED) is 0.812. The van der Waals surface area contributed by atoms with E-state index in [4.69, 9.17) is 4.42 Å². The Morgan fingerprint density at radius 3 is 3.05 bits per heavy atom. The number of hydrogen-bond acceptors (Lipinski definition) is 3. The van der Waals surface area contributed by atoms with Crippen LogP contribution in [0.15, 0.2) is 22.8 Å². The fourth-order valence-corrected chi connectivity index (χ4v) is 3.16. The smallest absolute Gasteiger partial charge is 0.237 e. The predicted molar refractivity (Wildman–Crippen MR) is 83.8 cm³/mol. The third-order valence-electron chi connectivity index (χ3n) is 4.46. The van der Waals surface area contributed by atoms with Crippen molar-refractivity contribution in [2.75, 3.05) is 6.54 Å². The summed E-state index contributed by atoms with van der Waals surface area (Å²) in [6, 6.07) is 3.54. The maximum atomic E-state index is 12.0. The minimum absolute atomic E-state index is 0.0309. The lowest BCUT2D eigenvalue weighted by molar-refractivity contribution is -0.123. The van der Waals surface area contributed by atoms with Crippen molar-refractivity contribution < 1.29 is 9.21 Å². The molecule has 118 valence electrons. The summed E-state index contributed by atoms with van der Waals surface area (Å²) in [5.41, 5.74) is 0. The molecule has 4 heteroatoms. The van der Waals surface area contributed by atoms with Gasteiger partial charge in [0.1, 0.15) is 5.76 Å². The number of amides is 1. The number of carbonyl (C=O) groups is 1. The monoisotopic (exact) mass is 292 g/mol. The van der Waals surface area contributed by atoms with Crippen molar-refractivity contribution in [3.63, 3.8) is 0 Å². The summed E-state index contributed by atoms with van der Waals surface area (Å²) < 4.78 is 5.20. The largest absolute Gasteiger partial charge is 0.467 e. The van der Waals surface area contributed by atoms with Gasteiger partial charge >= 0.3 is 0 Å². The SMILES string of the molecule is CC1CCCC(CCNC(C)C(=O)NCc2ccco2)C1. The molecule has 0 bridgehead atoms. The molecule has 0 saturated heterocycles. The van der Waals surface area contributed by atoms with Gasteiger partial charge in [-0.25, -0.2) is 0 Å². The van der Waals surface area contributed by atoms with Gasteiger partial charge < -0.3 is 15.1 Å². The zero-order valence-electron chi connectivity index (χ0n) is 13.2. The predicted octanol–water partition coefficient (Wildman–Crippen LogP) is 3.09. The molecule has 1 aromatic heterocycles. The molecular weight excluding hydrogens is 264 g/mol. The van der Waals surface area contributed by atoms with Crippen molar-refractivity contribution in [1.82, 2.24) is 10.6 Å². The first kappa shape index (κ1) is 16.1.